The summed E-state index contributed by atoms with van der Waals surface area (Å²) in [5.41, 5.74) is 1.99. The molecule has 0 aliphatic carbocycles. The summed E-state index contributed by atoms with van der Waals surface area (Å²) in [5.74, 6) is 1.49. The molecule has 0 radical (unpaired) electrons. The van der Waals surface area contributed by atoms with Crippen LogP contribution in [0.5, 0.6) is 5.75 Å². The Morgan fingerprint density at radius 1 is 1.25 bits per heavy atom. The standard InChI is InChI=1S/C20H19ClN4O2S/c21-16-7-3-15(4-8-16)13-27-17-9-5-14(6-10-17)12-22-25-19(23-24-20(25)28)18-2-1-11-26-18/h3-10,12,18H,1-2,11,13H2,(H,24,28)/b22-12-/t18-/m1/s1. The average Bonchev–Trinajstić information content (AvgIpc) is 3.36. The van der Waals surface area contributed by atoms with Crippen LogP contribution in [0.4, 0.5) is 0 Å². The Balaban J connectivity index is 1.41. The summed E-state index contributed by atoms with van der Waals surface area (Å²) < 4.78 is 13.6. The van der Waals surface area contributed by atoms with Gasteiger partial charge in [0.15, 0.2) is 5.82 Å². The molecular weight excluding hydrogens is 396 g/mol. The fourth-order valence-electron chi connectivity index (χ4n) is 2.93. The number of halogens is 1. The number of rotatable bonds is 6. The van der Waals surface area contributed by atoms with Crippen molar-refractivity contribution >= 4 is 30.0 Å². The van der Waals surface area contributed by atoms with E-state index in [1.165, 1.54) is 0 Å². The Labute approximate surface area is 172 Å². The second-order valence-corrected chi connectivity index (χ2v) is 7.25. The Kier molecular flexibility index (Phi) is 5.85. The van der Waals surface area contributed by atoms with Crippen LogP contribution >= 0.6 is 23.8 Å². The van der Waals surface area contributed by atoms with Crippen molar-refractivity contribution in [3.8, 4) is 5.75 Å². The largest absolute Gasteiger partial charge is 0.489 e. The third-order valence-electron chi connectivity index (χ3n) is 4.41. The molecule has 0 bridgehead atoms. The van der Waals surface area contributed by atoms with Crippen LogP contribution in [-0.2, 0) is 11.3 Å². The first kappa shape index (κ1) is 18.9. The molecule has 1 saturated heterocycles. The van der Waals surface area contributed by atoms with E-state index >= 15 is 0 Å². The molecule has 1 atom stereocenters. The van der Waals surface area contributed by atoms with Crippen molar-refractivity contribution in [2.45, 2.75) is 25.6 Å². The number of aromatic nitrogens is 3. The topological polar surface area (TPSA) is 64.4 Å². The molecule has 2 heterocycles. The number of aromatic amines is 1. The molecule has 0 amide bonds. The normalized spacial score (nSPS) is 16.7. The Hall–Kier alpha value is -2.48. The smallest absolute Gasteiger partial charge is 0.216 e. The van der Waals surface area contributed by atoms with Crippen LogP contribution in [-0.4, -0.2) is 27.7 Å². The zero-order valence-electron chi connectivity index (χ0n) is 15.0. The number of benzene rings is 2. The summed E-state index contributed by atoms with van der Waals surface area (Å²) in [6.07, 6.45) is 3.63. The Morgan fingerprint density at radius 2 is 2.04 bits per heavy atom. The van der Waals surface area contributed by atoms with Gasteiger partial charge in [-0.3, -0.25) is 5.10 Å². The predicted octanol–water partition coefficient (Wildman–Crippen LogP) is 4.91. The van der Waals surface area contributed by atoms with Gasteiger partial charge in [0.2, 0.25) is 4.77 Å². The summed E-state index contributed by atoms with van der Waals surface area (Å²) in [5, 5.41) is 12.2. The number of hydrogen-bond donors (Lipinski definition) is 1. The summed E-state index contributed by atoms with van der Waals surface area (Å²) in [6, 6.07) is 15.3. The highest BCUT2D eigenvalue weighted by Crippen LogP contribution is 2.27. The first-order valence-electron chi connectivity index (χ1n) is 8.99. The van der Waals surface area contributed by atoms with E-state index in [0.717, 1.165) is 36.3 Å². The van der Waals surface area contributed by atoms with Crippen LogP contribution in [0.15, 0.2) is 53.6 Å². The molecule has 6 nitrogen and oxygen atoms in total. The van der Waals surface area contributed by atoms with Gasteiger partial charge in [0, 0.05) is 11.6 Å². The fourth-order valence-corrected chi connectivity index (χ4v) is 3.24. The molecule has 0 spiro atoms. The highest BCUT2D eigenvalue weighted by atomic mass is 35.5. The maximum Gasteiger partial charge on any atom is 0.216 e. The van der Waals surface area contributed by atoms with E-state index in [-0.39, 0.29) is 6.10 Å². The number of nitrogens with one attached hydrogen (secondary N) is 1. The van der Waals surface area contributed by atoms with Crippen molar-refractivity contribution in [1.82, 2.24) is 14.9 Å². The maximum atomic E-state index is 5.89. The lowest BCUT2D eigenvalue weighted by Crippen LogP contribution is -2.05. The zero-order valence-corrected chi connectivity index (χ0v) is 16.6. The first-order valence-corrected chi connectivity index (χ1v) is 9.78. The van der Waals surface area contributed by atoms with Crippen molar-refractivity contribution in [3.05, 3.63) is 75.3 Å². The van der Waals surface area contributed by atoms with Crippen LogP contribution in [0.2, 0.25) is 5.02 Å². The van der Waals surface area contributed by atoms with E-state index in [1.54, 1.807) is 10.9 Å². The van der Waals surface area contributed by atoms with Gasteiger partial charge in [-0.2, -0.15) is 14.9 Å². The van der Waals surface area contributed by atoms with Crippen LogP contribution in [0.25, 0.3) is 0 Å². The highest BCUT2D eigenvalue weighted by Gasteiger charge is 2.23. The van der Waals surface area contributed by atoms with Crippen LogP contribution in [0.1, 0.15) is 35.9 Å². The van der Waals surface area contributed by atoms with E-state index < -0.39 is 0 Å². The monoisotopic (exact) mass is 414 g/mol. The maximum absolute atomic E-state index is 5.89. The van der Waals surface area contributed by atoms with E-state index in [0.29, 0.717) is 22.2 Å². The van der Waals surface area contributed by atoms with Gasteiger partial charge < -0.3 is 9.47 Å². The Morgan fingerprint density at radius 3 is 2.75 bits per heavy atom. The summed E-state index contributed by atoms with van der Waals surface area (Å²) in [6.45, 7) is 1.23. The molecule has 0 saturated carbocycles. The third kappa shape index (κ3) is 4.49. The van der Waals surface area contributed by atoms with E-state index in [4.69, 9.17) is 33.3 Å². The minimum Gasteiger partial charge on any atom is -0.489 e. The lowest BCUT2D eigenvalue weighted by atomic mass is 10.2. The Bertz CT molecular complexity index is 1010. The zero-order chi connectivity index (χ0) is 19.3. The SMILES string of the molecule is S=c1[nH]nc([C@H]2CCCO2)n1/N=C\c1ccc(OCc2ccc(Cl)cc2)cc1. The van der Waals surface area contributed by atoms with Crippen LogP contribution in [0, 0.1) is 4.77 Å². The van der Waals surface area contributed by atoms with Gasteiger partial charge >= 0.3 is 0 Å². The molecule has 1 aliphatic rings. The number of ether oxygens (including phenoxy) is 2. The van der Waals surface area contributed by atoms with Crippen molar-refractivity contribution in [2.75, 3.05) is 6.61 Å². The van der Waals surface area contributed by atoms with Crippen molar-refractivity contribution in [1.29, 1.82) is 0 Å². The summed E-state index contributed by atoms with van der Waals surface area (Å²) in [4.78, 5) is 0. The lowest BCUT2D eigenvalue weighted by molar-refractivity contribution is 0.102. The first-order chi connectivity index (χ1) is 13.7. The van der Waals surface area contributed by atoms with E-state index in [1.807, 2.05) is 48.5 Å². The molecule has 2 aromatic carbocycles. The van der Waals surface area contributed by atoms with E-state index in [9.17, 15) is 0 Å². The second-order valence-electron chi connectivity index (χ2n) is 6.43. The van der Waals surface area contributed by atoms with Crippen LogP contribution < -0.4 is 4.74 Å². The molecule has 0 unspecified atom stereocenters. The van der Waals surface area contributed by atoms with Gasteiger partial charge in [0.25, 0.3) is 0 Å². The van der Waals surface area contributed by atoms with Crippen molar-refractivity contribution < 1.29 is 9.47 Å². The summed E-state index contributed by atoms with van der Waals surface area (Å²) in [7, 11) is 0. The molecule has 3 aromatic rings. The van der Waals surface area contributed by atoms with Gasteiger partial charge in [-0.05, 0) is 72.6 Å². The number of H-pyrrole nitrogens is 1. The number of nitrogens with zero attached hydrogens (tertiary/aromatic N) is 3. The molecule has 1 N–H and O–H groups in total. The quantitative estimate of drug-likeness (QED) is 0.460. The third-order valence-corrected chi connectivity index (χ3v) is 4.93. The fraction of sp³-hybridized carbons (Fsp3) is 0.250. The highest BCUT2D eigenvalue weighted by molar-refractivity contribution is 7.71. The summed E-state index contributed by atoms with van der Waals surface area (Å²) >= 11 is 11.2. The molecule has 1 fully saturated rings. The molecule has 8 heteroatoms. The minimum atomic E-state index is -0.0613. The lowest BCUT2D eigenvalue weighted by Gasteiger charge is -2.08. The molecular formula is C20H19ClN4O2S. The van der Waals surface area contributed by atoms with Gasteiger partial charge in [0.1, 0.15) is 18.5 Å². The molecule has 28 heavy (non-hydrogen) atoms. The predicted molar refractivity (Wildman–Crippen MR) is 111 cm³/mol. The van der Waals surface area contributed by atoms with Crippen molar-refractivity contribution in [3.63, 3.8) is 0 Å². The van der Waals surface area contributed by atoms with Crippen LogP contribution in [0.3, 0.4) is 0 Å². The molecule has 1 aliphatic heterocycles. The molecule has 4 rings (SSSR count). The van der Waals surface area contributed by atoms with Gasteiger partial charge in [0.05, 0.1) is 6.21 Å². The average molecular weight is 415 g/mol. The van der Waals surface area contributed by atoms with Gasteiger partial charge in [-0.25, -0.2) is 0 Å². The van der Waals surface area contributed by atoms with Gasteiger partial charge in [-0.1, -0.05) is 23.7 Å². The molecule has 1 aromatic heterocycles. The second kappa shape index (κ2) is 8.68. The van der Waals surface area contributed by atoms with Crippen molar-refractivity contribution in [2.24, 2.45) is 5.10 Å². The minimum absolute atomic E-state index is 0.0613. The number of hydrogen-bond acceptors (Lipinski definition) is 5. The molecule has 144 valence electrons. The van der Waals surface area contributed by atoms with Gasteiger partial charge in [-0.15, -0.1) is 0 Å². The van der Waals surface area contributed by atoms with E-state index in [2.05, 4.69) is 15.3 Å².